The average molecular weight is 264 g/mol. The number of rotatable bonds is 5. The van der Waals surface area contributed by atoms with Crippen molar-refractivity contribution in [3.8, 4) is 5.75 Å². The third-order valence-corrected chi connectivity index (χ3v) is 3.26. The Hall–Kier alpha value is -1.59. The number of hydrogen-bond donors (Lipinski definition) is 2. The molecule has 104 valence electrons. The second kappa shape index (κ2) is 6.54. The van der Waals surface area contributed by atoms with Crippen molar-refractivity contribution in [3.05, 3.63) is 29.8 Å². The number of nitrogens with zero attached hydrogens (tertiary/aromatic N) is 1. The van der Waals surface area contributed by atoms with E-state index in [4.69, 9.17) is 10.5 Å². The minimum absolute atomic E-state index is 0.0112. The average Bonchev–Trinajstić information content (AvgIpc) is 2.42. The van der Waals surface area contributed by atoms with E-state index in [1.54, 1.807) is 17.0 Å². The van der Waals surface area contributed by atoms with Gasteiger partial charge in [-0.3, -0.25) is 4.79 Å². The topological polar surface area (TPSA) is 75.8 Å². The van der Waals surface area contributed by atoms with E-state index in [9.17, 15) is 9.90 Å². The van der Waals surface area contributed by atoms with Crippen molar-refractivity contribution in [2.75, 3.05) is 19.7 Å². The lowest BCUT2D eigenvalue weighted by molar-refractivity contribution is -0.150. The molecule has 0 saturated carbocycles. The molecule has 0 aromatic heterocycles. The Morgan fingerprint density at radius 1 is 1.37 bits per heavy atom. The lowest BCUT2D eigenvalue weighted by Gasteiger charge is -2.32. The number of aromatic hydroxyl groups is 1. The van der Waals surface area contributed by atoms with Gasteiger partial charge in [0.15, 0.2) is 0 Å². The van der Waals surface area contributed by atoms with Gasteiger partial charge >= 0.3 is 0 Å². The minimum Gasteiger partial charge on any atom is -0.508 e. The summed E-state index contributed by atoms with van der Waals surface area (Å²) in [6.45, 7) is 1.96. The normalized spacial score (nSPS) is 19.7. The summed E-state index contributed by atoms with van der Waals surface area (Å²) in [7, 11) is 0. The summed E-state index contributed by atoms with van der Waals surface area (Å²) in [5, 5.41) is 9.24. The Kier molecular flexibility index (Phi) is 4.76. The molecule has 1 aromatic rings. The van der Waals surface area contributed by atoms with Gasteiger partial charge in [-0.15, -0.1) is 0 Å². The number of phenolic OH excluding ortho intramolecular Hbond substituents is 1. The van der Waals surface area contributed by atoms with Gasteiger partial charge in [-0.1, -0.05) is 12.1 Å². The maximum atomic E-state index is 11.8. The van der Waals surface area contributed by atoms with Gasteiger partial charge in [-0.2, -0.15) is 0 Å². The molecule has 1 aliphatic rings. The zero-order valence-corrected chi connectivity index (χ0v) is 10.9. The quantitative estimate of drug-likeness (QED) is 0.827. The van der Waals surface area contributed by atoms with Gasteiger partial charge in [0, 0.05) is 13.1 Å². The maximum Gasteiger partial charge on any atom is 0.248 e. The number of amides is 1. The van der Waals surface area contributed by atoms with Gasteiger partial charge in [0.1, 0.15) is 12.4 Å². The van der Waals surface area contributed by atoms with Gasteiger partial charge in [-0.25, -0.2) is 0 Å². The van der Waals surface area contributed by atoms with Gasteiger partial charge in [-0.05, 0) is 37.1 Å². The van der Waals surface area contributed by atoms with Crippen LogP contribution in [0.4, 0.5) is 0 Å². The molecule has 1 aromatic carbocycles. The highest BCUT2D eigenvalue weighted by atomic mass is 16.5. The van der Waals surface area contributed by atoms with Crippen molar-refractivity contribution in [2.45, 2.75) is 25.5 Å². The number of nitrogens with two attached hydrogens (primary N) is 1. The first-order valence-corrected chi connectivity index (χ1v) is 6.56. The number of benzene rings is 1. The van der Waals surface area contributed by atoms with Crippen LogP contribution < -0.4 is 5.73 Å². The second-order valence-electron chi connectivity index (χ2n) is 4.80. The number of hydrogen-bond acceptors (Lipinski definition) is 4. The summed E-state index contributed by atoms with van der Waals surface area (Å²) in [5.41, 5.74) is 6.49. The smallest absolute Gasteiger partial charge is 0.248 e. The molecule has 0 radical (unpaired) electrons. The molecule has 3 N–H and O–H groups in total. The van der Waals surface area contributed by atoms with Crippen molar-refractivity contribution < 1.29 is 14.6 Å². The highest BCUT2D eigenvalue weighted by molar-refractivity contribution is 5.78. The van der Waals surface area contributed by atoms with Crippen LogP contribution >= 0.6 is 0 Å². The summed E-state index contributed by atoms with van der Waals surface area (Å²) in [6.07, 6.45) is 1.88. The fraction of sp³-hybridized carbons (Fsp3) is 0.500. The molecule has 1 unspecified atom stereocenters. The number of ether oxygens (including phenoxy) is 1. The molecule has 0 aliphatic carbocycles. The number of carbonyl (C=O) groups excluding carboxylic acids is 1. The molecule has 5 heteroatoms. The standard InChI is InChI=1S/C14H20N2O3/c15-7-1-2-13-9-16(14(18)10-19-13)8-11-3-5-12(17)6-4-11/h3-6,13,17H,1-2,7-10,15H2. The van der Waals surface area contributed by atoms with Crippen LogP contribution in [0.15, 0.2) is 24.3 Å². The summed E-state index contributed by atoms with van der Waals surface area (Å²) < 4.78 is 5.49. The van der Waals surface area contributed by atoms with Gasteiger partial charge in [0.2, 0.25) is 5.91 Å². The predicted molar refractivity (Wildman–Crippen MR) is 71.6 cm³/mol. The van der Waals surface area contributed by atoms with Crippen LogP contribution in [0.3, 0.4) is 0 Å². The van der Waals surface area contributed by atoms with Crippen LogP contribution in [0.2, 0.25) is 0 Å². The van der Waals surface area contributed by atoms with Crippen molar-refractivity contribution in [2.24, 2.45) is 5.73 Å². The first-order chi connectivity index (χ1) is 9.19. The third-order valence-electron chi connectivity index (χ3n) is 3.26. The summed E-state index contributed by atoms with van der Waals surface area (Å²) in [5.74, 6) is 0.245. The maximum absolute atomic E-state index is 11.8. The first-order valence-electron chi connectivity index (χ1n) is 6.56. The van der Waals surface area contributed by atoms with Crippen LogP contribution in [0.25, 0.3) is 0 Å². The molecular weight excluding hydrogens is 244 g/mol. The van der Waals surface area contributed by atoms with Crippen molar-refractivity contribution in [3.63, 3.8) is 0 Å². The molecule has 2 rings (SSSR count). The lowest BCUT2D eigenvalue weighted by atomic mass is 10.1. The van der Waals surface area contributed by atoms with E-state index in [0.29, 0.717) is 19.6 Å². The van der Waals surface area contributed by atoms with E-state index in [2.05, 4.69) is 0 Å². The molecule has 19 heavy (non-hydrogen) atoms. The van der Waals surface area contributed by atoms with E-state index in [1.165, 1.54) is 0 Å². The molecule has 1 saturated heterocycles. The molecule has 5 nitrogen and oxygen atoms in total. The second-order valence-corrected chi connectivity index (χ2v) is 4.80. The molecule has 1 atom stereocenters. The van der Waals surface area contributed by atoms with Gasteiger partial charge < -0.3 is 20.5 Å². The molecule has 1 fully saturated rings. The van der Waals surface area contributed by atoms with Crippen molar-refractivity contribution >= 4 is 5.91 Å². The van der Waals surface area contributed by atoms with E-state index >= 15 is 0 Å². The molecule has 1 aliphatic heterocycles. The van der Waals surface area contributed by atoms with E-state index in [0.717, 1.165) is 18.4 Å². The Labute approximate surface area is 113 Å². The zero-order chi connectivity index (χ0) is 13.7. The fourth-order valence-corrected chi connectivity index (χ4v) is 2.18. The number of carbonyl (C=O) groups is 1. The van der Waals surface area contributed by atoms with Crippen LogP contribution in [0.1, 0.15) is 18.4 Å². The Bertz CT molecular complexity index is 419. The number of phenols is 1. The van der Waals surface area contributed by atoms with Crippen LogP contribution in [-0.2, 0) is 16.1 Å². The van der Waals surface area contributed by atoms with Crippen molar-refractivity contribution in [1.29, 1.82) is 0 Å². The highest BCUT2D eigenvalue weighted by Gasteiger charge is 2.25. The summed E-state index contributed by atoms with van der Waals surface area (Å²) >= 11 is 0. The lowest BCUT2D eigenvalue weighted by Crippen LogP contribution is -2.46. The molecular formula is C14H20N2O3. The van der Waals surface area contributed by atoms with Gasteiger partial charge in [0.25, 0.3) is 0 Å². The zero-order valence-electron chi connectivity index (χ0n) is 10.9. The minimum atomic E-state index is 0.0112. The fourth-order valence-electron chi connectivity index (χ4n) is 2.18. The van der Waals surface area contributed by atoms with E-state index in [-0.39, 0.29) is 24.4 Å². The van der Waals surface area contributed by atoms with Crippen LogP contribution in [0.5, 0.6) is 5.75 Å². The molecule has 0 bridgehead atoms. The third kappa shape index (κ3) is 3.94. The largest absolute Gasteiger partial charge is 0.508 e. The van der Waals surface area contributed by atoms with E-state index < -0.39 is 0 Å². The van der Waals surface area contributed by atoms with E-state index in [1.807, 2.05) is 12.1 Å². The monoisotopic (exact) mass is 264 g/mol. The van der Waals surface area contributed by atoms with Crippen LogP contribution in [-0.4, -0.2) is 41.7 Å². The Balaban J connectivity index is 1.93. The van der Waals surface area contributed by atoms with Gasteiger partial charge in [0.05, 0.1) is 6.10 Å². The molecule has 1 amide bonds. The Morgan fingerprint density at radius 2 is 2.11 bits per heavy atom. The van der Waals surface area contributed by atoms with Crippen molar-refractivity contribution in [1.82, 2.24) is 4.90 Å². The van der Waals surface area contributed by atoms with Crippen LogP contribution in [0, 0.1) is 0 Å². The number of morpholine rings is 1. The highest BCUT2D eigenvalue weighted by Crippen LogP contribution is 2.16. The summed E-state index contributed by atoms with van der Waals surface area (Å²) in [6, 6.07) is 6.91. The molecule has 1 heterocycles. The molecule has 0 spiro atoms. The predicted octanol–water partition coefficient (Wildman–Crippen LogP) is 0.858. The Morgan fingerprint density at radius 3 is 2.79 bits per heavy atom. The SMILES string of the molecule is NCCCC1CN(Cc2ccc(O)cc2)C(=O)CO1. The summed E-state index contributed by atoms with van der Waals surface area (Å²) in [4.78, 5) is 13.6. The first kappa shape index (κ1) is 13.8.